The fraction of sp³-hybridized carbons (Fsp3) is 0.773. The lowest BCUT2D eigenvalue weighted by molar-refractivity contribution is -0.0544. The highest BCUT2D eigenvalue weighted by Gasteiger charge is 2.60. The van der Waals surface area contributed by atoms with Gasteiger partial charge in [-0.25, -0.2) is 15.0 Å². The molecule has 0 radical (unpaired) electrons. The van der Waals surface area contributed by atoms with E-state index in [1.807, 2.05) is 4.57 Å². The lowest BCUT2D eigenvalue weighted by Crippen LogP contribution is -2.65. The van der Waals surface area contributed by atoms with Crippen molar-refractivity contribution < 1.29 is 17.7 Å². The number of nitrogen functional groups attached to an aromatic ring is 1. The van der Waals surface area contributed by atoms with E-state index < -0.39 is 17.1 Å². The predicted molar refractivity (Wildman–Crippen MR) is 132 cm³/mol. The number of anilines is 1. The molecule has 3 atom stereocenters. The second kappa shape index (κ2) is 9.01. The van der Waals surface area contributed by atoms with Crippen molar-refractivity contribution in [3.63, 3.8) is 0 Å². The molecular weight excluding hydrogens is 454 g/mol. The molecule has 0 aromatic carbocycles. The number of imidazole rings is 1. The van der Waals surface area contributed by atoms with E-state index >= 15 is 0 Å². The molecular formula is C22H39N5O4Si2. The van der Waals surface area contributed by atoms with E-state index in [2.05, 4.69) is 70.3 Å². The Hall–Kier alpha value is -1.38. The Labute approximate surface area is 198 Å². The molecule has 0 spiro atoms. The zero-order chi connectivity index (χ0) is 24.1. The molecule has 2 aromatic heterocycles. The van der Waals surface area contributed by atoms with E-state index in [9.17, 15) is 0 Å². The molecule has 9 nitrogen and oxygen atoms in total. The maximum absolute atomic E-state index is 7.25. The van der Waals surface area contributed by atoms with Crippen LogP contribution in [-0.2, 0) is 17.7 Å². The number of nitrogens with two attached hydrogens (primary N) is 1. The van der Waals surface area contributed by atoms with Gasteiger partial charge in [0, 0.05) is 6.42 Å². The average Bonchev–Trinajstić information content (AvgIpc) is 3.32. The minimum Gasteiger partial charge on any atom is -0.414 e. The van der Waals surface area contributed by atoms with Crippen LogP contribution in [0.5, 0.6) is 0 Å². The largest absolute Gasteiger partial charge is 0.414 e. The molecule has 2 saturated heterocycles. The van der Waals surface area contributed by atoms with E-state index in [0.717, 1.165) is 0 Å². The molecule has 2 aliphatic rings. The molecule has 0 amide bonds. The van der Waals surface area contributed by atoms with Gasteiger partial charge in [-0.3, -0.25) is 4.57 Å². The number of hydrogen-bond acceptors (Lipinski definition) is 8. The highest BCUT2D eigenvalue weighted by molar-refractivity contribution is 6.83. The van der Waals surface area contributed by atoms with Gasteiger partial charge in [0.1, 0.15) is 24.2 Å². The van der Waals surface area contributed by atoms with Crippen molar-refractivity contribution in [2.24, 2.45) is 0 Å². The SMILES string of the molecule is CC(C)[Si]1(C(C)C)OC[C@@H]2O[C@H](n3cnc4c(N)ncnc43)CC2O[Si](C(C)C)(C(C)C)O1. The summed E-state index contributed by atoms with van der Waals surface area (Å²) in [6, 6.07) is 0. The lowest BCUT2D eigenvalue weighted by atomic mass is 10.2. The van der Waals surface area contributed by atoms with E-state index in [-0.39, 0.29) is 29.5 Å². The van der Waals surface area contributed by atoms with Gasteiger partial charge in [-0.15, -0.1) is 0 Å². The maximum Gasteiger partial charge on any atom is 0.335 e. The first-order valence-corrected chi connectivity index (χ1v) is 16.1. The van der Waals surface area contributed by atoms with Gasteiger partial charge in [0.05, 0.1) is 19.0 Å². The van der Waals surface area contributed by atoms with Crippen LogP contribution >= 0.6 is 0 Å². The third kappa shape index (κ3) is 4.06. The van der Waals surface area contributed by atoms with Gasteiger partial charge in [-0.2, -0.15) is 0 Å². The highest BCUT2D eigenvalue weighted by Crippen LogP contribution is 2.48. The Bertz CT molecular complexity index is 967. The molecule has 2 aromatic rings. The van der Waals surface area contributed by atoms with E-state index in [1.165, 1.54) is 6.33 Å². The fourth-order valence-electron chi connectivity index (χ4n) is 5.39. The van der Waals surface area contributed by atoms with Gasteiger partial charge in [0.15, 0.2) is 11.5 Å². The Morgan fingerprint density at radius 3 is 2.15 bits per heavy atom. The normalized spacial score (nSPS) is 27.5. The molecule has 2 fully saturated rings. The molecule has 2 aliphatic heterocycles. The molecule has 0 saturated carbocycles. The number of nitrogens with zero attached hydrogens (tertiary/aromatic N) is 4. The number of aromatic nitrogens is 4. The van der Waals surface area contributed by atoms with Crippen LogP contribution in [0.2, 0.25) is 22.2 Å². The third-order valence-corrected chi connectivity index (χ3v) is 17.5. The fourth-order valence-corrected chi connectivity index (χ4v) is 16.6. The van der Waals surface area contributed by atoms with Crippen molar-refractivity contribution in [3.05, 3.63) is 12.7 Å². The van der Waals surface area contributed by atoms with Crippen molar-refractivity contribution in [3.8, 4) is 0 Å². The van der Waals surface area contributed by atoms with Crippen LogP contribution in [0.15, 0.2) is 12.7 Å². The van der Waals surface area contributed by atoms with Crippen LogP contribution in [0.3, 0.4) is 0 Å². The van der Waals surface area contributed by atoms with Gasteiger partial charge in [-0.05, 0) is 22.2 Å². The smallest absolute Gasteiger partial charge is 0.335 e. The zero-order valence-corrected chi connectivity index (χ0v) is 23.1. The summed E-state index contributed by atoms with van der Waals surface area (Å²) in [5.41, 5.74) is 8.42. The van der Waals surface area contributed by atoms with Gasteiger partial charge in [0.2, 0.25) is 0 Å². The molecule has 184 valence electrons. The number of rotatable bonds is 5. The maximum atomic E-state index is 7.25. The van der Waals surface area contributed by atoms with Gasteiger partial charge >= 0.3 is 17.1 Å². The van der Waals surface area contributed by atoms with Crippen LogP contribution in [-0.4, -0.2) is 55.5 Å². The minimum atomic E-state index is -2.66. The molecule has 4 heterocycles. The van der Waals surface area contributed by atoms with Crippen LogP contribution in [0.1, 0.15) is 68.0 Å². The standard InChI is InChI=1S/C22H39N5O4Si2/c1-13(2)32(14(3)4)28-10-18-17(30-33(31-32,15(5)6)16(7)8)9-19(29-18)27-12-26-20-21(23)24-11-25-22(20)27/h11-19H,9-10H2,1-8H3,(H2,23,24,25)/t17?,18-,19-/m0/s1. The molecule has 11 heteroatoms. The number of fused-ring (bicyclic) bond motifs is 2. The summed E-state index contributed by atoms with van der Waals surface area (Å²) in [6.45, 7) is 18.3. The van der Waals surface area contributed by atoms with Gasteiger partial charge < -0.3 is 23.4 Å². The summed E-state index contributed by atoms with van der Waals surface area (Å²) in [7, 11) is -5.24. The summed E-state index contributed by atoms with van der Waals surface area (Å²) < 4.78 is 29.7. The second-order valence-electron chi connectivity index (χ2n) is 10.6. The first kappa shape index (κ1) is 24.7. The predicted octanol–water partition coefficient (Wildman–Crippen LogP) is 4.65. The zero-order valence-electron chi connectivity index (χ0n) is 21.1. The minimum absolute atomic E-state index is 0.116. The molecule has 33 heavy (non-hydrogen) atoms. The quantitative estimate of drug-likeness (QED) is 0.600. The second-order valence-corrected chi connectivity index (χ2v) is 19.4. The summed E-state index contributed by atoms with van der Waals surface area (Å²) in [5, 5.41) is 0. The number of hydrogen-bond donors (Lipinski definition) is 1. The third-order valence-electron chi connectivity index (χ3n) is 7.22. The summed E-state index contributed by atoms with van der Waals surface area (Å²) >= 11 is 0. The van der Waals surface area contributed by atoms with Crippen molar-refractivity contribution in [2.45, 2.75) is 102 Å². The van der Waals surface area contributed by atoms with E-state index in [1.54, 1.807) is 6.33 Å². The summed E-state index contributed by atoms with van der Waals surface area (Å²) in [4.78, 5) is 12.9. The van der Waals surface area contributed by atoms with Crippen molar-refractivity contribution >= 4 is 34.1 Å². The Morgan fingerprint density at radius 1 is 0.909 bits per heavy atom. The molecule has 0 bridgehead atoms. The van der Waals surface area contributed by atoms with Gasteiger partial charge in [0.25, 0.3) is 0 Å². The van der Waals surface area contributed by atoms with Gasteiger partial charge in [-0.1, -0.05) is 55.4 Å². The first-order chi connectivity index (χ1) is 15.5. The lowest BCUT2D eigenvalue weighted by Gasteiger charge is -2.51. The number of ether oxygens (including phenoxy) is 1. The van der Waals surface area contributed by atoms with Crippen molar-refractivity contribution in [1.29, 1.82) is 0 Å². The van der Waals surface area contributed by atoms with Crippen LogP contribution < -0.4 is 5.73 Å². The Balaban J connectivity index is 1.72. The Morgan fingerprint density at radius 2 is 1.55 bits per heavy atom. The van der Waals surface area contributed by atoms with Crippen LogP contribution in [0.4, 0.5) is 5.82 Å². The van der Waals surface area contributed by atoms with Crippen molar-refractivity contribution in [1.82, 2.24) is 19.5 Å². The van der Waals surface area contributed by atoms with Crippen LogP contribution in [0, 0.1) is 0 Å². The van der Waals surface area contributed by atoms with Crippen LogP contribution in [0.25, 0.3) is 11.2 Å². The monoisotopic (exact) mass is 493 g/mol. The molecule has 1 unspecified atom stereocenters. The summed E-state index contributed by atoms with van der Waals surface area (Å²) in [6.07, 6.45) is 3.31. The first-order valence-electron chi connectivity index (χ1n) is 12.1. The molecule has 4 rings (SSSR count). The highest BCUT2D eigenvalue weighted by atomic mass is 28.5. The Kier molecular flexibility index (Phi) is 6.75. The van der Waals surface area contributed by atoms with Crippen molar-refractivity contribution in [2.75, 3.05) is 12.3 Å². The average molecular weight is 494 g/mol. The van der Waals surface area contributed by atoms with E-state index in [4.69, 9.17) is 23.4 Å². The van der Waals surface area contributed by atoms with E-state index in [0.29, 0.717) is 41.1 Å². The topological polar surface area (TPSA) is 107 Å². The summed E-state index contributed by atoms with van der Waals surface area (Å²) in [5.74, 6) is 0.367. The molecule has 0 aliphatic carbocycles. The molecule has 2 N–H and O–H groups in total.